The lowest BCUT2D eigenvalue weighted by Crippen LogP contribution is -2.16. The molecule has 0 saturated carbocycles. The molecule has 5 nitrogen and oxygen atoms in total. The van der Waals surface area contributed by atoms with E-state index in [1.54, 1.807) is 12.4 Å². The van der Waals surface area contributed by atoms with E-state index in [2.05, 4.69) is 9.97 Å². The summed E-state index contributed by atoms with van der Waals surface area (Å²) in [6.07, 6.45) is 4.09. The van der Waals surface area contributed by atoms with Gasteiger partial charge in [-0.15, -0.1) is 0 Å². The summed E-state index contributed by atoms with van der Waals surface area (Å²) < 4.78 is 5.61. The molecule has 2 rings (SSSR count). The number of aromatic nitrogens is 2. The molecule has 2 aromatic heterocycles. The number of nitrogen functional groups attached to an aromatic ring is 1. The molecule has 0 unspecified atom stereocenters. The number of hydrogen-bond donors (Lipinski definition) is 2. The summed E-state index contributed by atoms with van der Waals surface area (Å²) in [5.74, 6) is 0.377. The Bertz CT molecular complexity index is 569. The Morgan fingerprint density at radius 1 is 1.26 bits per heavy atom. The van der Waals surface area contributed by atoms with Crippen LogP contribution in [0.4, 0.5) is 0 Å². The van der Waals surface area contributed by atoms with Gasteiger partial charge >= 0.3 is 0 Å². The van der Waals surface area contributed by atoms with Crippen LogP contribution in [0.25, 0.3) is 0 Å². The van der Waals surface area contributed by atoms with Crippen molar-refractivity contribution in [3.63, 3.8) is 0 Å². The van der Waals surface area contributed by atoms with Crippen LogP contribution in [-0.2, 0) is 6.42 Å². The minimum Gasteiger partial charge on any atom is -0.477 e. The first kappa shape index (κ1) is 13.0. The van der Waals surface area contributed by atoms with E-state index in [0.29, 0.717) is 24.5 Å². The van der Waals surface area contributed by atoms with E-state index >= 15 is 0 Å². The molecule has 0 fully saturated rings. The van der Waals surface area contributed by atoms with E-state index in [-0.39, 0.29) is 5.84 Å². The summed E-state index contributed by atoms with van der Waals surface area (Å²) in [5, 5.41) is 7.56. The van der Waals surface area contributed by atoms with E-state index in [1.165, 1.54) is 0 Å². The van der Waals surface area contributed by atoms with Crippen LogP contribution in [0.3, 0.4) is 0 Å². The molecular formula is C14H16N4O. The highest BCUT2D eigenvalue weighted by molar-refractivity contribution is 5.98. The molecule has 98 valence electrons. The smallest absolute Gasteiger partial charge is 0.224 e. The average Bonchev–Trinajstić information content (AvgIpc) is 2.39. The third kappa shape index (κ3) is 3.28. The Hall–Kier alpha value is -2.43. The number of hydrogen-bond acceptors (Lipinski definition) is 4. The Labute approximate surface area is 112 Å². The highest BCUT2D eigenvalue weighted by atomic mass is 16.5. The van der Waals surface area contributed by atoms with Crippen LogP contribution in [0.5, 0.6) is 5.88 Å². The summed E-state index contributed by atoms with van der Waals surface area (Å²) in [7, 11) is 0. The lowest BCUT2D eigenvalue weighted by Gasteiger charge is -2.11. The maximum absolute atomic E-state index is 7.56. The van der Waals surface area contributed by atoms with Gasteiger partial charge in [0.2, 0.25) is 5.88 Å². The molecular weight excluding hydrogens is 240 g/mol. The van der Waals surface area contributed by atoms with Crippen molar-refractivity contribution in [2.24, 2.45) is 5.73 Å². The molecule has 0 saturated heterocycles. The second-order valence-corrected chi connectivity index (χ2v) is 4.14. The van der Waals surface area contributed by atoms with Crippen molar-refractivity contribution in [1.82, 2.24) is 9.97 Å². The van der Waals surface area contributed by atoms with Gasteiger partial charge in [-0.2, -0.15) is 0 Å². The van der Waals surface area contributed by atoms with Crippen molar-refractivity contribution < 1.29 is 4.74 Å². The van der Waals surface area contributed by atoms with E-state index in [1.807, 2.05) is 31.2 Å². The normalized spacial score (nSPS) is 10.2. The Balaban J connectivity index is 2.04. The van der Waals surface area contributed by atoms with Gasteiger partial charge in [0.25, 0.3) is 0 Å². The van der Waals surface area contributed by atoms with Crippen molar-refractivity contribution in [2.45, 2.75) is 13.3 Å². The zero-order valence-corrected chi connectivity index (χ0v) is 10.8. The highest BCUT2D eigenvalue weighted by Gasteiger charge is 2.11. The van der Waals surface area contributed by atoms with E-state index < -0.39 is 0 Å². The van der Waals surface area contributed by atoms with Gasteiger partial charge in [0, 0.05) is 24.5 Å². The first-order chi connectivity index (χ1) is 9.18. The topological polar surface area (TPSA) is 84.9 Å². The number of pyridine rings is 2. The van der Waals surface area contributed by atoms with Gasteiger partial charge in [0.15, 0.2) is 0 Å². The second kappa shape index (κ2) is 5.95. The number of amidine groups is 1. The Kier molecular flexibility index (Phi) is 4.07. The van der Waals surface area contributed by atoms with Gasteiger partial charge in [0.05, 0.1) is 12.2 Å². The summed E-state index contributed by atoms with van der Waals surface area (Å²) in [6, 6.07) is 7.57. The predicted octanol–water partition coefficient (Wildman–Crippen LogP) is 1.69. The minimum atomic E-state index is -0.0292. The largest absolute Gasteiger partial charge is 0.477 e. The quantitative estimate of drug-likeness (QED) is 0.629. The standard InChI is InChI=1S/C14H16N4O/c1-10-5-8-18-14(12(10)13(15)16)19-9-6-11-4-2-3-7-17-11/h2-5,7-8H,6,9H2,1H3,(H3,15,16). The first-order valence-corrected chi connectivity index (χ1v) is 6.01. The monoisotopic (exact) mass is 256 g/mol. The fourth-order valence-electron chi connectivity index (χ4n) is 1.77. The van der Waals surface area contributed by atoms with Crippen LogP contribution in [0, 0.1) is 12.3 Å². The van der Waals surface area contributed by atoms with Crippen molar-refractivity contribution in [2.75, 3.05) is 6.61 Å². The van der Waals surface area contributed by atoms with Crippen LogP contribution in [0.15, 0.2) is 36.7 Å². The fourth-order valence-corrected chi connectivity index (χ4v) is 1.77. The van der Waals surface area contributed by atoms with E-state index in [9.17, 15) is 0 Å². The molecule has 0 radical (unpaired) electrons. The number of ether oxygens (including phenoxy) is 1. The molecule has 2 aromatic rings. The zero-order valence-electron chi connectivity index (χ0n) is 10.8. The van der Waals surface area contributed by atoms with Gasteiger partial charge in [-0.3, -0.25) is 10.4 Å². The lowest BCUT2D eigenvalue weighted by atomic mass is 10.1. The van der Waals surface area contributed by atoms with Crippen molar-refractivity contribution in [1.29, 1.82) is 5.41 Å². The van der Waals surface area contributed by atoms with Crippen LogP contribution in [-0.4, -0.2) is 22.4 Å². The lowest BCUT2D eigenvalue weighted by molar-refractivity contribution is 0.307. The zero-order chi connectivity index (χ0) is 13.7. The molecule has 0 aliphatic carbocycles. The molecule has 19 heavy (non-hydrogen) atoms. The molecule has 0 aliphatic rings. The van der Waals surface area contributed by atoms with Crippen LogP contribution >= 0.6 is 0 Å². The van der Waals surface area contributed by atoms with Gasteiger partial charge in [-0.1, -0.05) is 6.07 Å². The number of rotatable bonds is 5. The summed E-state index contributed by atoms with van der Waals surface area (Å²) >= 11 is 0. The summed E-state index contributed by atoms with van der Waals surface area (Å²) in [5.41, 5.74) is 7.95. The Morgan fingerprint density at radius 3 is 2.79 bits per heavy atom. The van der Waals surface area contributed by atoms with Crippen LogP contribution < -0.4 is 10.5 Å². The summed E-state index contributed by atoms with van der Waals surface area (Å²) in [6.45, 7) is 2.33. The molecule has 0 atom stereocenters. The Morgan fingerprint density at radius 2 is 2.11 bits per heavy atom. The molecule has 3 N–H and O–H groups in total. The summed E-state index contributed by atoms with van der Waals surface area (Å²) in [4.78, 5) is 8.35. The van der Waals surface area contributed by atoms with Gasteiger partial charge in [0.1, 0.15) is 5.84 Å². The molecule has 0 spiro atoms. The maximum Gasteiger partial charge on any atom is 0.224 e. The number of nitrogens with two attached hydrogens (primary N) is 1. The third-order valence-electron chi connectivity index (χ3n) is 2.72. The van der Waals surface area contributed by atoms with E-state index in [0.717, 1.165) is 11.3 Å². The van der Waals surface area contributed by atoms with Crippen molar-refractivity contribution in [3.8, 4) is 5.88 Å². The molecule has 0 aliphatic heterocycles. The predicted molar refractivity (Wildman–Crippen MR) is 73.4 cm³/mol. The minimum absolute atomic E-state index is 0.0292. The van der Waals surface area contributed by atoms with Crippen LogP contribution in [0.1, 0.15) is 16.8 Å². The second-order valence-electron chi connectivity index (χ2n) is 4.14. The van der Waals surface area contributed by atoms with E-state index in [4.69, 9.17) is 15.9 Å². The average molecular weight is 256 g/mol. The number of nitrogens with zero attached hydrogens (tertiary/aromatic N) is 2. The number of nitrogens with one attached hydrogen (secondary N) is 1. The van der Waals surface area contributed by atoms with Gasteiger partial charge < -0.3 is 10.5 Å². The number of aryl methyl sites for hydroxylation is 1. The molecule has 5 heteroatoms. The molecule has 0 bridgehead atoms. The third-order valence-corrected chi connectivity index (χ3v) is 2.72. The van der Waals surface area contributed by atoms with Crippen LogP contribution in [0.2, 0.25) is 0 Å². The van der Waals surface area contributed by atoms with Gasteiger partial charge in [-0.05, 0) is 30.7 Å². The molecule has 2 heterocycles. The first-order valence-electron chi connectivity index (χ1n) is 6.01. The highest BCUT2D eigenvalue weighted by Crippen LogP contribution is 2.18. The fraction of sp³-hybridized carbons (Fsp3) is 0.214. The molecule has 0 amide bonds. The SMILES string of the molecule is Cc1ccnc(OCCc2ccccn2)c1C(=N)N. The molecule has 0 aromatic carbocycles. The maximum atomic E-state index is 7.56. The van der Waals surface area contributed by atoms with Crippen molar-refractivity contribution in [3.05, 3.63) is 53.5 Å². The van der Waals surface area contributed by atoms with Gasteiger partial charge in [-0.25, -0.2) is 4.98 Å². The van der Waals surface area contributed by atoms with Crippen molar-refractivity contribution >= 4 is 5.84 Å².